The molecule has 62 valence electrons. The van der Waals surface area contributed by atoms with Gasteiger partial charge in [0.1, 0.15) is 9.86 Å². The molecule has 2 aliphatic rings. The molecule has 0 bridgehead atoms. The smallest absolute Gasteiger partial charge is 0.148 e. The van der Waals surface area contributed by atoms with Gasteiger partial charge in [0.15, 0.2) is 0 Å². The molecular formula is C8H12OS2. The number of hydrogen-bond acceptors (Lipinski definition) is 3. The predicted molar refractivity (Wildman–Crippen MR) is 50.5 cm³/mol. The molecule has 2 rings (SSSR count). The third-order valence-electron chi connectivity index (χ3n) is 3.03. The van der Waals surface area contributed by atoms with E-state index in [-0.39, 0.29) is 14.9 Å². The van der Waals surface area contributed by atoms with Crippen LogP contribution in [0.25, 0.3) is 0 Å². The van der Waals surface area contributed by atoms with Crippen LogP contribution in [0.5, 0.6) is 0 Å². The molecule has 11 heavy (non-hydrogen) atoms. The summed E-state index contributed by atoms with van der Waals surface area (Å²) in [6, 6.07) is 0. The van der Waals surface area contributed by atoms with Crippen molar-refractivity contribution in [1.82, 2.24) is 0 Å². The molecule has 0 N–H and O–H groups in total. The first kappa shape index (κ1) is 7.99. The van der Waals surface area contributed by atoms with Crippen LogP contribution in [0.4, 0.5) is 0 Å². The molecule has 0 amide bonds. The van der Waals surface area contributed by atoms with Crippen LogP contribution in [-0.4, -0.2) is 9.86 Å². The Hall–Kier alpha value is 0.370. The Morgan fingerprint density at radius 3 is 1.55 bits per heavy atom. The summed E-state index contributed by atoms with van der Waals surface area (Å²) in [4.78, 5) is 11.6. The molecule has 1 aliphatic heterocycles. The molecule has 1 spiro atoms. The van der Waals surface area contributed by atoms with E-state index in [1.165, 1.54) is 0 Å². The SMILES string of the molecule is CC1(C)C(=O)C(C)(C)C12SS2. The summed E-state index contributed by atoms with van der Waals surface area (Å²) in [5, 5.41) is 0. The molecule has 0 atom stereocenters. The van der Waals surface area contributed by atoms with E-state index >= 15 is 0 Å². The summed E-state index contributed by atoms with van der Waals surface area (Å²) in [6.45, 7) is 8.25. The van der Waals surface area contributed by atoms with E-state index in [1.807, 2.05) is 21.6 Å². The molecule has 1 aliphatic carbocycles. The number of ketones is 1. The van der Waals surface area contributed by atoms with Crippen LogP contribution in [0.3, 0.4) is 0 Å². The minimum atomic E-state index is -0.0914. The first-order valence-corrected chi connectivity index (χ1v) is 5.93. The van der Waals surface area contributed by atoms with E-state index in [4.69, 9.17) is 0 Å². The Kier molecular flexibility index (Phi) is 1.21. The van der Waals surface area contributed by atoms with Crippen molar-refractivity contribution in [3.05, 3.63) is 0 Å². The Morgan fingerprint density at radius 1 is 1.00 bits per heavy atom. The van der Waals surface area contributed by atoms with Gasteiger partial charge in [0.25, 0.3) is 0 Å². The van der Waals surface area contributed by atoms with Crippen LogP contribution in [0.15, 0.2) is 0 Å². The summed E-state index contributed by atoms with van der Waals surface area (Å²) in [5.41, 5.74) is -0.183. The van der Waals surface area contributed by atoms with Crippen molar-refractivity contribution in [1.29, 1.82) is 0 Å². The Balaban J connectivity index is 2.41. The highest BCUT2D eigenvalue weighted by Crippen LogP contribution is 2.86. The highest BCUT2D eigenvalue weighted by molar-refractivity contribution is 8.93. The third kappa shape index (κ3) is 0.581. The Labute approximate surface area is 75.1 Å². The van der Waals surface area contributed by atoms with Gasteiger partial charge in [-0.15, -0.1) is 0 Å². The fraction of sp³-hybridized carbons (Fsp3) is 0.875. The van der Waals surface area contributed by atoms with Crippen LogP contribution in [0.2, 0.25) is 0 Å². The fourth-order valence-electron chi connectivity index (χ4n) is 2.26. The van der Waals surface area contributed by atoms with Gasteiger partial charge in [-0.05, 0) is 0 Å². The van der Waals surface area contributed by atoms with Crippen molar-refractivity contribution in [2.24, 2.45) is 10.8 Å². The van der Waals surface area contributed by atoms with Gasteiger partial charge in [-0.2, -0.15) is 0 Å². The molecule has 1 saturated heterocycles. The van der Waals surface area contributed by atoms with E-state index < -0.39 is 0 Å². The van der Waals surface area contributed by atoms with E-state index in [0.717, 1.165) is 0 Å². The highest BCUT2D eigenvalue weighted by atomic mass is 33.2. The second kappa shape index (κ2) is 1.67. The van der Waals surface area contributed by atoms with Gasteiger partial charge < -0.3 is 0 Å². The monoisotopic (exact) mass is 188 g/mol. The summed E-state index contributed by atoms with van der Waals surface area (Å²) < 4.78 is 0.219. The predicted octanol–water partition coefficient (Wildman–Crippen LogP) is 2.71. The minimum Gasteiger partial charge on any atom is -0.298 e. The third-order valence-corrected chi connectivity index (χ3v) is 7.07. The quantitative estimate of drug-likeness (QED) is 0.430. The molecule has 0 unspecified atom stereocenters. The zero-order chi connectivity index (χ0) is 8.49. The summed E-state index contributed by atoms with van der Waals surface area (Å²) in [6.07, 6.45) is 0. The molecule has 0 aromatic rings. The summed E-state index contributed by atoms with van der Waals surface area (Å²) in [5.74, 6) is 0.419. The topological polar surface area (TPSA) is 17.1 Å². The Morgan fingerprint density at radius 2 is 1.36 bits per heavy atom. The molecule has 0 radical (unpaired) electrons. The van der Waals surface area contributed by atoms with Gasteiger partial charge in [-0.1, -0.05) is 49.3 Å². The van der Waals surface area contributed by atoms with Crippen molar-refractivity contribution in [3.8, 4) is 0 Å². The zero-order valence-corrected chi connectivity index (χ0v) is 8.86. The average Bonchev–Trinajstić information content (AvgIpc) is 2.64. The minimum absolute atomic E-state index is 0.0914. The van der Waals surface area contributed by atoms with Crippen molar-refractivity contribution >= 4 is 27.4 Å². The molecule has 0 aromatic carbocycles. The summed E-state index contributed by atoms with van der Waals surface area (Å²) >= 11 is 0. The van der Waals surface area contributed by atoms with Crippen molar-refractivity contribution in [2.75, 3.05) is 0 Å². The molecule has 1 nitrogen and oxygen atoms in total. The van der Waals surface area contributed by atoms with E-state index in [9.17, 15) is 4.79 Å². The summed E-state index contributed by atoms with van der Waals surface area (Å²) in [7, 11) is 3.74. The van der Waals surface area contributed by atoms with Gasteiger partial charge >= 0.3 is 0 Å². The fourth-order valence-corrected chi connectivity index (χ4v) is 6.29. The maximum absolute atomic E-state index is 11.6. The number of Topliss-reactive ketones (excluding diaryl/α,β-unsaturated/α-hetero) is 1. The van der Waals surface area contributed by atoms with Crippen LogP contribution >= 0.6 is 21.6 Å². The van der Waals surface area contributed by atoms with Gasteiger partial charge in [0.2, 0.25) is 0 Å². The van der Waals surface area contributed by atoms with Gasteiger partial charge in [0, 0.05) is 0 Å². The van der Waals surface area contributed by atoms with E-state index in [2.05, 4.69) is 27.7 Å². The average molecular weight is 188 g/mol. The number of carbonyl (C=O) groups excluding carboxylic acids is 1. The normalized spacial score (nSPS) is 35.1. The van der Waals surface area contributed by atoms with Gasteiger partial charge in [-0.3, -0.25) is 4.79 Å². The lowest BCUT2D eigenvalue weighted by Gasteiger charge is -2.53. The maximum atomic E-state index is 11.6. The number of hydrogen-bond donors (Lipinski definition) is 0. The number of rotatable bonds is 0. The largest absolute Gasteiger partial charge is 0.298 e. The standard InChI is InChI=1S/C8H12OS2/c1-6(2)5(9)7(3,4)8(6)10-11-8/h1-4H3. The lowest BCUT2D eigenvalue weighted by molar-refractivity contribution is -0.151. The second-order valence-corrected chi connectivity index (χ2v) is 7.18. The highest BCUT2D eigenvalue weighted by Gasteiger charge is 2.80. The molecule has 0 aromatic heterocycles. The van der Waals surface area contributed by atoms with Crippen LogP contribution in [0.1, 0.15) is 27.7 Å². The Bertz CT molecular complexity index is 218. The lowest BCUT2D eigenvalue weighted by Crippen LogP contribution is -2.65. The molecular weight excluding hydrogens is 176 g/mol. The van der Waals surface area contributed by atoms with Gasteiger partial charge in [0.05, 0.1) is 10.8 Å². The van der Waals surface area contributed by atoms with Crippen LogP contribution in [0, 0.1) is 10.8 Å². The lowest BCUT2D eigenvalue weighted by atomic mass is 9.54. The second-order valence-electron chi connectivity index (χ2n) is 4.36. The van der Waals surface area contributed by atoms with Crippen molar-refractivity contribution in [3.63, 3.8) is 0 Å². The first-order chi connectivity index (χ1) is 4.86. The zero-order valence-electron chi connectivity index (χ0n) is 7.22. The van der Waals surface area contributed by atoms with E-state index in [0.29, 0.717) is 5.78 Å². The molecule has 3 heteroatoms. The molecule has 1 saturated carbocycles. The number of carbonyl (C=O) groups is 1. The van der Waals surface area contributed by atoms with Crippen LogP contribution in [-0.2, 0) is 4.79 Å². The van der Waals surface area contributed by atoms with E-state index in [1.54, 1.807) is 0 Å². The molecule has 1 heterocycles. The maximum Gasteiger partial charge on any atom is 0.148 e. The molecule has 2 fully saturated rings. The van der Waals surface area contributed by atoms with Gasteiger partial charge in [-0.25, -0.2) is 0 Å². The van der Waals surface area contributed by atoms with Crippen molar-refractivity contribution in [2.45, 2.75) is 31.8 Å². The first-order valence-electron chi connectivity index (χ1n) is 3.78. The van der Waals surface area contributed by atoms with Crippen LogP contribution < -0.4 is 0 Å². The van der Waals surface area contributed by atoms with Crippen molar-refractivity contribution < 1.29 is 4.79 Å².